The van der Waals surface area contributed by atoms with Gasteiger partial charge in [-0.05, 0) is 19.2 Å². The van der Waals surface area contributed by atoms with E-state index in [4.69, 9.17) is 14.5 Å². The highest BCUT2D eigenvalue weighted by molar-refractivity contribution is 7.89. The number of imidazole rings is 1. The Morgan fingerprint density at radius 2 is 1.50 bits per heavy atom. The van der Waals surface area contributed by atoms with Crippen molar-refractivity contribution in [1.29, 1.82) is 0 Å². The third kappa shape index (κ3) is 6.42. The first kappa shape index (κ1) is 30.8. The number of benzene rings is 1. The molecule has 240 valence electrons. The molecule has 0 amide bonds. The van der Waals surface area contributed by atoms with Crippen LogP contribution < -0.4 is 14.5 Å². The Morgan fingerprint density at radius 3 is 2.14 bits per heavy atom. The van der Waals surface area contributed by atoms with Crippen molar-refractivity contribution in [2.45, 2.75) is 6.43 Å². The van der Waals surface area contributed by atoms with Crippen molar-refractivity contribution in [3.63, 3.8) is 0 Å². The first-order valence-corrected chi connectivity index (χ1v) is 16.4. The van der Waals surface area contributed by atoms with Crippen molar-refractivity contribution in [1.82, 2.24) is 38.6 Å². The van der Waals surface area contributed by atoms with Crippen molar-refractivity contribution in [2.24, 2.45) is 0 Å². The summed E-state index contributed by atoms with van der Waals surface area (Å²) >= 11 is 0. The maximum atomic E-state index is 14.4. The van der Waals surface area contributed by atoms with Crippen LogP contribution in [0.15, 0.2) is 18.2 Å². The quantitative estimate of drug-likeness (QED) is 0.328. The van der Waals surface area contributed by atoms with Gasteiger partial charge in [0.05, 0.1) is 31.6 Å². The summed E-state index contributed by atoms with van der Waals surface area (Å²) in [5, 5.41) is 0. The lowest BCUT2D eigenvalue weighted by atomic mass is 10.3. The number of halogens is 2. The van der Waals surface area contributed by atoms with Crippen molar-refractivity contribution in [3.05, 3.63) is 24.0 Å². The molecule has 3 aliphatic rings. The van der Waals surface area contributed by atoms with E-state index in [-0.39, 0.29) is 36.3 Å². The lowest BCUT2D eigenvalue weighted by Gasteiger charge is -2.36. The number of hydrogen-bond acceptors (Lipinski definition) is 12. The number of rotatable bonds is 9. The molecule has 3 aromatic rings. The molecule has 14 nitrogen and oxygen atoms in total. The molecule has 0 spiro atoms. The third-order valence-electron chi connectivity index (χ3n) is 8.36. The maximum Gasteiger partial charge on any atom is 0.296 e. The van der Waals surface area contributed by atoms with E-state index in [1.165, 1.54) is 16.0 Å². The first-order valence-electron chi connectivity index (χ1n) is 14.8. The fourth-order valence-corrected chi connectivity index (χ4v) is 7.18. The summed E-state index contributed by atoms with van der Waals surface area (Å²) in [7, 11) is 0.0786. The van der Waals surface area contributed by atoms with Crippen LogP contribution in [0.25, 0.3) is 17.0 Å². The lowest BCUT2D eigenvalue weighted by molar-refractivity contribution is 0.122. The highest BCUT2D eigenvalue weighted by Gasteiger charge is 2.31. The molecule has 0 bridgehead atoms. The van der Waals surface area contributed by atoms with Crippen molar-refractivity contribution >= 4 is 33.0 Å². The minimum absolute atomic E-state index is 0.00442. The van der Waals surface area contributed by atoms with Gasteiger partial charge in [-0.25, -0.2) is 22.2 Å². The van der Waals surface area contributed by atoms with Gasteiger partial charge in [-0.3, -0.25) is 9.47 Å². The molecule has 0 radical (unpaired) electrons. The number of alkyl halides is 2. The summed E-state index contributed by atoms with van der Waals surface area (Å²) in [6, 6.07) is 5.02. The van der Waals surface area contributed by atoms with Crippen molar-refractivity contribution in [3.8, 4) is 11.7 Å². The second-order valence-electron chi connectivity index (χ2n) is 11.1. The number of morpholine rings is 1. The number of para-hydroxylation sites is 1. The Hall–Kier alpha value is -3.25. The molecule has 3 fully saturated rings. The number of ether oxygens (including phenoxy) is 2. The zero-order chi connectivity index (χ0) is 30.8. The Kier molecular flexibility index (Phi) is 9.09. The smallest absolute Gasteiger partial charge is 0.296 e. The molecule has 5 heterocycles. The van der Waals surface area contributed by atoms with Gasteiger partial charge in [-0.1, -0.05) is 6.07 Å². The molecular formula is C27H38F2N10O4S. The zero-order valence-corrected chi connectivity index (χ0v) is 25.8. The van der Waals surface area contributed by atoms with Crippen LogP contribution in [-0.4, -0.2) is 152 Å². The summed E-state index contributed by atoms with van der Waals surface area (Å²) in [6.07, 6.45) is -2.90. The van der Waals surface area contributed by atoms with Gasteiger partial charge in [0.2, 0.25) is 27.9 Å². The number of anilines is 2. The predicted octanol–water partition coefficient (Wildman–Crippen LogP) is 0.693. The molecular weight excluding hydrogens is 598 g/mol. The summed E-state index contributed by atoms with van der Waals surface area (Å²) in [6.45, 7) is 7.35. The monoisotopic (exact) mass is 636 g/mol. The lowest BCUT2D eigenvalue weighted by Crippen LogP contribution is -2.51. The van der Waals surface area contributed by atoms with E-state index in [2.05, 4.69) is 31.8 Å². The van der Waals surface area contributed by atoms with Gasteiger partial charge in [0.15, 0.2) is 5.82 Å². The Balaban J connectivity index is 1.27. The van der Waals surface area contributed by atoms with Crippen LogP contribution in [0.4, 0.5) is 20.7 Å². The standard InChI is InChI=1S/C27H38F2N10O4S/c1-34-6-8-35(9-7-34)16-19-44(40,41)38-12-10-36(11-13-38)25-31-26(37-14-17-43-18-15-37)33-27(32-25)39-20-4-3-5-21(42-2)22(20)30-24(39)23(28)29/h3-5,23H,6-19H2,1-2H3. The molecule has 3 aliphatic heterocycles. The number of aromatic nitrogens is 5. The molecule has 0 unspecified atom stereocenters. The SMILES string of the molecule is COc1cccc2c1nc(C(F)F)n2-c1nc(N2CCOCC2)nc(N2CCN(S(=O)(=O)CCN3CCN(C)CC3)CC2)n1. The molecule has 0 saturated carbocycles. The number of fused-ring (bicyclic) bond motifs is 1. The van der Waals surface area contributed by atoms with Crippen LogP contribution in [0, 0.1) is 0 Å². The van der Waals surface area contributed by atoms with E-state index < -0.39 is 22.3 Å². The molecule has 0 N–H and O–H groups in total. The minimum atomic E-state index is -3.45. The fourth-order valence-electron chi connectivity index (χ4n) is 5.71. The number of likely N-dealkylation sites (N-methyl/N-ethyl adjacent to an activating group) is 1. The second-order valence-corrected chi connectivity index (χ2v) is 13.2. The zero-order valence-electron chi connectivity index (χ0n) is 25.0. The highest BCUT2D eigenvalue weighted by atomic mass is 32.2. The number of sulfonamides is 1. The van der Waals surface area contributed by atoms with E-state index in [0.29, 0.717) is 63.2 Å². The Morgan fingerprint density at radius 1 is 0.864 bits per heavy atom. The normalized spacial score (nSPS) is 19.8. The Bertz CT molecular complexity index is 1550. The number of hydrogen-bond donors (Lipinski definition) is 0. The van der Waals surface area contributed by atoms with Crippen LogP contribution in [0.5, 0.6) is 5.75 Å². The van der Waals surface area contributed by atoms with Crippen molar-refractivity contribution < 1.29 is 26.7 Å². The van der Waals surface area contributed by atoms with Crippen LogP contribution in [0.3, 0.4) is 0 Å². The van der Waals surface area contributed by atoms with Gasteiger partial charge >= 0.3 is 0 Å². The highest BCUT2D eigenvalue weighted by Crippen LogP contribution is 2.32. The molecule has 0 aliphatic carbocycles. The Labute approximate surface area is 255 Å². The van der Waals surface area contributed by atoms with Gasteiger partial charge < -0.3 is 24.2 Å². The second kappa shape index (κ2) is 13.0. The molecule has 2 aromatic heterocycles. The molecule has 44 heavy (non-hydrogen) atoms. The average Bonchev–Trinajstić information content (AvgIpc) is 3.45. The van der Waals surface area contributed by atoms with Gasteiger partial charge in [0.25, 0.3) is 6.43 Å². The number of piperazine rings is 2. The van der Waals surface area contributed by atoms with Crippen LogP contribution in [0.2, 0.25) is 0 Å². The summed E-state index contributed by atoms with van der Waals surface area (Å²) in [4.78, 5) is 26.4. The predicted molar refractivity (Wildman–Crippen MR) is 161 cm³/mol. The molecule has 17 heteroatoms. The van der Waals surface area contributed by atoms with E-state index in [9.17, 15) is 17.2 Å². The summed E-state index contributed by atoms with van der Waals surface area (Å²) in [5.74, 6) is 0.546. The fraction of sp³-hybridized carbons (Fsp3) is 0.630. The largest absolute Gasteiger partial charge is 0.494 e. The average molecular weight is 637 g/mol. The molecule has 1 aromatic carbocycles. The number of methoxy groups -OCH3 is 1. The van der Waals surface area contributed by atoms with Gasteiger partial charge in [0, 0.05) is 72.0 Å². The topological polar surface area (TPSA) is 125 Å². The van der Waals surface area contributed by atoms with Crippen LogP contribution in [0.1, 0.15) is 12.2 Å². The van der Waals surface area contributed by atoms with Gasteiger partial charge in [0.1, 0.15) is 11.3 Å². The van der Waals surface area contributed by atoms with Gasteiger partial charge in [-0.15, -0.1) is 0 Å². The van der Waals surface area contributed by atoms with E-state index in [0.717, 1.165) is 26.2 Å². The third-order valence-corrected chi connectivity index (χ3v) is 10.2. The van der Waals surface area contributed by atoms with E-state index in [1.807, 2.05) is 9.80 Å². The molecule has 3 saturated heterocycles. The van der Waals surface area contributed by atoms with Crippen LogP contribution in [-0.2, 0) is 14.8 Å². The van der Waals surface area contributed by atoms with Gasteiger partial charge in [-0.2, -0.15) is 19.3 Å². The first-order chi connectivity index (χ1) is 21.2. The summed E-state index contributed by atoms with van der Waals surface area (Å²) < 4.78 is 68.7. The van der Waals surface area contributed by atoms with Crippen LogP contribution >= 0.6 is 0 Å². The maximum absolute atomic E-state index is 14.4. The molecule has 0 atom stereocenters. The van der Waals surface area contributed by atoms with E-state index in [1.54, 1.807) is 18.2 Å². The summed E-state index contributed by atoms with van der Waals surface area (Å²) in [5.41, 5.74) is 0.650. The molecule has 6 rings (SSSR count). The van der Waals surface area contributed by atoms with E-state index >= 15 is 0 Å². The van der Waals surface area contributed by atoms with Crippen molar-refractivity contribution in [2.75, 3.05) is 115 Å². The number of nitrogens with zero attached hydrogens (tertiary/aromatic N) is 10. The minimum Gasteiger partial charge on any atom is -0.494 e.